The second-order valence-corrected chi connectivity index (χ2v) is 7.79. The number of carbonyl (C=O) groups excluding carboxylic acids is 1. The lowest BCUT2D eigenvalue weighted by Gasteiger charge is -2.39. The molecule has 7 heteroatoms. The van der Waals surface area contributed by atoms with Crippen LogP contribution in [0.2, 0.25) is 0 Å². The first-order chi connectivity index (χ1) is 11.7. The van der Waals surface area contributed by atoms with Crippen molar-refractivity contribution in [2.24, 2.45) is 5.41 Å². The lowest BCUT2D eigenvalue weighted by Crippen LogP contribution is -2.50. The second-order valence-electron chi connectivity index (χ2n) is 7.79. The van der Waals surface area contributed by atoms with Crippen molar-refractivity contribution in [3.8, 4) is 0 Å². The van der Waals surface area contributed by atoms with E-state index in [9.17, 15) is 14.9 Å². The normalized spacial score (nSPS) is 28.8. The maximum atomic E-state index is 12.9. The lowest BCUT2D eigenvalue weighted by atomic mass is 9.63. The Morgan fingerprint density at radius 1 is 1.16 bits per heavy atom. The Morgan fingerprint density at radius 2 is 1.84 bits per heavy atom. The number of non-ortho nitro benzene ring substituents is 1. The number of amides is 1. The average Bonchev–Trinajstić information content (AvgIpc) is 2.88. The summed E-state index contributed by atoms with van der Waals surface area (Å²) in [5.41, 5.74) is 1.25. The summed E-state index contributed by atoms with van der Waals surface area (Å²) >= 11 is 0. The summed E-state index contributed by atoms with van der Waals surface area (Å²) in [5, 5.41) is 13.9. The van der Waals surface area contributed by atoms with Crippen molar-refractivity contribution in [3.63, 3.8) is 0 Å². The van der Waals surface area contributed by atoms with Crippen LogP contribution >= 0.6 is 0 Å². The van der Waals surface area contributed by atoms with Crippen LogP contribution in [0.1, 0.15) is 45.0 Å². The van der Waals surface area contributed by atoms with Crippen molar-refractivity contribution >= 4 is 22.6 Å². The molecule has 1 fully saturated rings. The van der Waals surface area contributed by atoms with E-state index in [1.54, 1.807) is 13.1 Å². The summed E-state index contributed by atoms with van der Waals surface area (Å²) in [6.45, 7) is 6.35. The molecule has 1 heterocycles. The molecule has 0 saturated heterocycles. The molecule has 25 heavy (non-hydrogen) atoms. The van der Waals surface area contributed by atoms with Gasteiger partial charge in [-0.15, -0.1) is 0 Å². The molecular weight excluding hydrogens is 320 g/mol. The van der Waals surface area contributed by atoms with Gasteiger partial charge in [-0.05, 0) is 24.3 Å². The van der Waals surface area contributed by atoms with E-state index in [1.807, 2.05) is 0 Å². The molecular formula is C18H20N4O3. The van der Waals surface area contributed by atoms with E-state index in [2.05, 4.69) is 26.1 Å². The highest BCUT2D eigenvalue weighted by molar-refractivity contribution is 5.92. The highest BCUT2D eigenvalue weighted by atomic mass is 16.6. The number of nitro benzene ring substituents is 1. The first-order valence-corrected chi connectivity index (χ1v) is 8.38. The topological polar surface area (TPSA) is 98.0 Å². The van der Waals surface area contributed by atoms with Crippen LogP contribution in [0.5, 0.6) is 0 Å². The number of nitrogens with zero attached hydrogens (tertiary/aromatic N) is 3. The number of carbonyl (C=O) groups is 1. The van der Waals surface area contributed by atoms with Crippen molar-refractivity contribution in [2.75, 3.05) is 7.05 Å². The zero-order chi connectivity index (χ0) is 18.2. The Bertz CT molecular complexity index is 955. The molecule has 1 saturated carbocycles. The molecule has 1 aromatic carbocycles. The summed E-state index contributed by atoms with van der Waals surface area (Å²) in [7, 11) is 1.64. The smallest absolute Gasteiger partial charge is 0.271 e. The minimum Gasteiger partial charge on any atom is -0.358 e. The van der Waals surface area contributed by atoms with Crippen LogP contribution in [0.15, 0.2) is 18.2 Å². The first-order valence-electron chi connectivity index (χ1n) is 8.38. The fourth-order valence-electron chi connectivity index (χ4n) is 4.92. The van der Waals surface area contributed by atoms with Gasteiger partial charge < -0.3 is 5.32 Å². The molecule has 0 aliphatic heterocycles. The lowest BCUT2D eigenvalue weighted by molar-refractivity contribution is -0.384. The van der Waals surface area contributed by atoms with Crippen molar-refractivity contribution in [3.05, 3.63) is 39.7 Å². The molecule has 2 bridgehead atoms. The number of rotatable bonds is 2. The fraction of sp³-hybridized carbons (Fsp3) is 0.500. The number of benzene rings is 1. The molecule has 1 N–H and O–H groups in total. The molecule has 7 nitrogen and oxygen atoms in total. The maximum absolute atomic E-state index is 12.9. The van der Waals surface area contributed by atoms with Crippen molar-refractivity contribution in [1.82, 2.24) is 15.3 Å². The summed E-state index contributed by atoms with van der Waals surface area (Å²) in [5.74, 6) is -0.0564. The fourth-order valence-corrected chi connectivity index (χ4v) is 4.92. The van der Waals surface area contributed by atoms with Crippen LogP contribution in [0.3, 0.4) is 0 Å². The van der Waals surface area contributed by atoms with E-state index >= 15 is 0 Å². The van der Waals surface area contributed by atoms with Gasteiger partial charge in [0.15, 0.2) is 0 Å². The monoisotopic (exact) mass is 340 g/mol. The zero-order valence-corrected chi connectivity index (χ0v) is 14.7. The third kappa shape index (κ3) is 1.59. The number of fused-ring (bicyclic) bond motifs is 6. The molecule has 2 atom stereocenters. The molecule has 0 radical (unpaired) electrons. The summed E-state index contributed by atoms with van der Waals surface area (Å²) in [6, 6.07) is 4.51. The minimum atomic E-state index is -0.752. The highest BCUT2D eigenvalue weighted by Gasteiger charge is 2.73. The summed E-state index contributed by atoms with van der Waals surface area (Å²) in [6.07, 6.45) is 1.58. The standard InChI is InChI=1S/C18H20N4O3/c1-16(2)17(3)7-8-18(16,15(23)19-4)14-13(17)20-11-6-5-10(22(24)25)9-12(11)21-14/h5-6,9H,7-8H2,1-4H3,(H,19,23). The van der Waals surface area contributed by atoms with Crippen molar-refractivity contribution in [1.29, 1.82) is 0 Å². The van der Waals surface area contributed by atoms with E-state index in [4.69, 9.17) is 9.97 Å². The van der Waals surface area contributed by atoms with Gasteiger partial charge in [-0.25, -0.2) is 9.97 Å². The van der Waals surface area contributed by atoms with Gasteiger partial charge in [0, 0.05) is 24.6 Å². The van der Waals surface area contributed by atoms with Gasteiger partial charge in [0.25, 0.3) is 5.69 Å². The number of hydrogen-bond acceptors (Lipinski definition) is 5. The molecule has 1 aromatic heterocycles. The largest absolute Gasteiger partial charge is 0.358 e. The van der Waals surface area contributed by atoms with Crippen LogP contribution in [0.25, 0.3) is 11.0 Å². The van der Waals surface area contributed by atoms with Gasteiger partial charge >= 0.3 is 0 Å². The molecule has 130 valence electrons. The Balaban J connectivity index is 2.06. The Morgan fingerprint density at radius 3 is 2.48 bits per heavy atom. The molecule has 2 unspecified atom stereocenters. The van der Waals surface area contributed by atoms with E-state index in [-0.39, 0.29) is 22.4 Å². The molecule has 0 spiro atoms. The second kappa shape index (κ2) is 4.53. The van der Waals surface area contributed by atoms with Gasteiger partial charge in [-0.3, -0.25) is 14.9 Å². The van der Waals surface area contributed by atoms with Crippen LogP contribution in [-0.4, -0.2) is 27.8 Å². The van der Waals surface area contributed by atoms with E-state index in [1.165, 1.54) is 12.1 Å². The highest BCUT2D eigenvalue weighted by Crippen LogP contribution is 2.70. The summed E-state index contributed by atoms with van der Waals surface area (Å²) < 4.78 is 0. The molecule has 2 aliphatic carbocycles. The Hall–Kier alpha value is -2.57. The third-order valence-electron chi connectivity index (χ3n) is 6.85. The van der Waals surface area contributed by atoms with Crippen LogP contribution < -0.4 is 5.32 Å². The molecule has 4 rings (SSSR count). The zero-order valence-electron chi connectivity index (χ0n) is 14.7. The van der Waals surface area contributed by atoms with E-state index < -0.39 is 10.3 Å². The van der Waals surface area contributed by atoms with Gasteiger partial charge in [0.1, 0.15) is 0 Å². The molecule has 2 aliphatic rings. The number of hydrogen-bond donors (Lipinski definition) is 1. The van der Waals surface area contributed by atoms with Gasteiger partial charge in [-0.1, -0.05) is 20.8 Å². The summed E-state index contributed by atoms with van der Waals surface area (Å²) in [4.78, 5) is 33.1. The number of aromatic nitrogens is 2. The van der Waals surface area contributed by atoms with Gasteiger partial charge in [-0.2, -0.15) is 0 Å². The SMILES string of the molecule is CNC(=O)C12CCC(C)(c3nc4ccc([N+](=O)[O-])cc4nc31)C2(C)C. The van der Waals surface area contributed by atoms with E-state index in [0.717, 1.165) is 12.1 Å². The van der Waals surface area contributed by atoms with Crippen LogP contribution in [-0.2, 0) is 15.6 Å². The van der Waals surface area contributed by atoms with E-state index in [0.29, 0.717) is 23.1 Å². The third-order valence-corrected chi connectivity index (χ3v) is 6.85. The predicted molar refractivity (Wildman–Crippen MR) is 92.3 cm³/mol. The van der Waals surface area contributed by atoms with Crippen LogP contribution in [0, 0.1) is 15.5 Å². The van der Waals surface area contributed by atoms with Crippen molar-refractivity contribution < 1.29 is 9.72 Å². The molecule has 2 aromatic rings. The quantitative estimate of drug-likeness (QED) is 0.669. The van der Waals surface area contributed by atoms with Crippen molar-refractivity contribution in [2.45, 2.75) is 44.4 Å². The predicted octanol–water partition coefficient (Wildman–Crippen LogP) is 2.61. The first kappa shape index (κ1) is 15.9. The Labute approximate surface area is 145 Å². The average molecular weight is 340 g/mol. The number of nitrogens with one attached hydrogen (secondary N) is 1. The number of nitro groups is 1. The van der Waals surface area contributed by atoms with Gasteiger partial charge in [0.05, 0.1) is 32.8 Å². The minimum absolute atomic E-state index is 0.0237. The van der Waals surface area contributed by atoms with Crippen LogP contribution in [0.4, 0.5) is 5.69 Å². The molecule has 1 amide bonds. The van der Waals surface area contributed by atoms with Gasteiger partial charge in [0.2, 0.25) is 5.91 Å². The number of likely N-dealkylation sites (N-methyl/N-ethyl adjacent to an activating group) is 1. The maximum Gasteiger partial charge on any atom is 0.271 e. The Kier molecular flexibility index (Phi) is 2.89.